The lowest BCUT2D eigenvalue weighted by Gasteiger charge is -2.34. The first-order chi connectivity index (χ1) is 68.2. The SMILES string of the molecule is CCCCCCC1(CCCCC)c2ccccc2-c2ccc(-n3c4cc5c6ccc7cc(N(c8ccccc8)c8ccc9c(c8)C(C)(C)c8cc(-c%10cc%11ccccc%11o%10)ccc8-9)ccc7c6n(-c6ccc7c(c6)C(C)(C)c6ccccc6-7)c5cc4c4ccc5cc(N(c6ccccc6)c6ccc7c(c6)C(CCCCCC)(CCCCCC)c6cc(-c8cc9ccccc9o8)ccc6-7)ccc5c43)cc21. The van der Waals surface area contributed by atoms with E-state index in [0.29, 0.717) is 0 Å². The number of aromatic nitrogens is 2. The van der Waals surface area contributed by atoms with Gasteiger partial charge < -0.3 is 27.8 Å². The summed E-state index contributed by atoms with van der Waals surface area (Å²) in [6.07, 6.45) is 22.5. The van der Waals surface area contributed by atoms with Crippen LogP contribution in [-0.4, -0.2) is 9.13 Å². The van der Waals surface area contributed by atoms with Gasteiger partial charge in [0.15, 0.2) is 0 Å². The highest BCUT2D eigenvalue weighted by atomic mass is 16.3. The van der Waals surface area contributed by atoms with Gasteiger partial charge in [-0.1, -0.05) is 358 Å². The van der Waals surface area contributed by atoms with E-state index in [9.17, 15) is 0 Å². The van der Waals surface area contributed by atoms with Gasteiger partial charge in [0.05, 0.1) is 22.1 Å². The molecular formula is C133H120N4O2. The minimum atomic E-state index is -0.299. The topological polar surface area (TPSA) is 42.6 Å². The minimum absolute atomic E-state index is 0.136. The number of hydrogen-bond donors (Lipinski definition) is 0. The molecule has 17 aromatic carbocycles. The first-order valence-electron chi connectivity index (χ1n) is 51.9. The second-order valence-electron chi connectivity index (χ2n) is 41.8. The zero-order valence-electron chi connectivity index (χ0n) is 81.5. The van der Waals surface area contributed by atoms with Crippen LogP contribution in [0.25, 0.3) is 166 Å². The molecule has 6 heteroatoms. The molecule has 4 aliphatic carbocycles. The molecule has 0 N–H and O–H groups in total. The maximum atomic E-state index is 6.73. The Hall–Kier alpha value is -14.5. The molecule has 0 bridgehead atoms. The van der Waals surface area contributed by atoms with Crippen molar-refractivity contribution in [3.05, 3.63) is 396 Å². The largest absolute Gasteiger partial charge is 0.456 e. The van der Waals surface area contributed by atoms with Crippen LogP contribution in [0.5, 0.6) is 0 Å². The number of anilines is 6. The van der Waals surface area contributed by atoms with Crippen molar-refractivity contribution in [2.75, 3.05) is 9.80 Å². The second kappa shape index (κ2) is 34.3. The number of hydrogen-bond acceptors (Lipinski definition) is 4. The van der Waals surface area contributed by atoms with Crippen molar-refractivity contribution < 1.29 is 8.83 Å². The quantitative estimate of drug-likeness (QED) is 0.0438. The number of nitrogens with zero attached hydrogens (tertiary/aromatic N) is 4. The third-order valence-electron chi connectivity index (χ3n) is 33.0. The van der Waals surface area contributed by atoms with E-state index in [1.54, 1.807) is 0 Å². The first-order valence-corrected chi connectivity index (χ1v) is 51.9. The zero-order chi connectivity index (χ0) is 93.6. The van der Waals surface area contributed by atoms with Crippen LogP contribution in [0.1, 0.15) is 222 Å². The van der Waals surface area contributed by atoms with Crippen molar-refractivity contribution in [2.45, 2.75) is 199 Å². The highest BCUT2D eigenvalue weighted by Crippen LogP contribution is 2.61. The van der Waals surface area contributed by atoms with Crippen molar-refractivity contribution in [3.63, 3.8) is 0 Å². The van der Waals surface area contributed by atoms with Crippen LogP contribution < -0.4 is 9.80 Å². The summed E-state index contributed by atoms with van der Waals surface area (Å²) < 4.78 is 18.6. The van der Waals surface area contributed by atoms with Gasteiger partial charge in [-0.25, -0.2) is 0 Å². The molecule has 0 saturated heterocycles. The third kappa shape index (κ3) is 13.9. The smallest absolute Gasteiger partial charge is 0.135 e. The molecule has 0 radical (unpaired) electrons. The monoisotopic (exact) mass is 1800 g/mol. The maximum absolute atomic E-state index is 6.73. The van der Waals surface area contributed by atoms with Crippen LogP contribution in [0.3, 0.4) is 0 Å². The lowest BCUT2D eigenvalue weighted by Crippen LogP contribution is -2.26. The lowest BCUT2D eigenvalue weighted by atomic mass is 9.70. The number of rotatable bonds is 29. The molecule has 0 spiro atoms. The molecule has 6 nitrogen and oxygen atoms in total. The third-order valence-corrected chi connectivity index (χ3v) is 33.0. The van der Waals surface area contributed by atoms with Gasteiger partial charge in [-0.3, -0.25) is 0 Å². The van der Waals surface area contributed by atoms with Crippen molar-refractivity contribution in [1.82, 2.24) is 9.13 Å². The molecule has 684 valence electrons. The van der Waals surface area contributed by atoms with E-state index in [0.717, 1.165) is 104 Å². The summed E-state index contributed by atoms with van der Waals surface area (Å²) in [5.41, 5.74) is 39.0. The fraction of sp³-hybridized carbons (Fsp3) is 0.233. The maximum Gasteiger partial charge on any atom is 0.135 e. The molecule has 25 rings (SSSR count). The molecule has 4 aromatic heterocycles. The number of para-hydroxylation sites is 4. The highest BCUT2D eigenvalue weighted by molar-refractivity contribution is 6.26. The summed E-state index contributed by atoms with van der Waals surface area (Å²) in [6, 6.07) is 136. The van der Waals surface area contributed by atoms with Crippen molar-refractivity contribution in [3.8, 4) is 78.5 Å². The Bertz CT molecular complexity index is 8370. The Labute approximate surface area is 817 Å². The van der Waals surface area contributed by atoms with Gasteiger partial charge in [0, 0.05) is 121 Å². The molecule has 1 unspecified atom stereocenters. The predicted octanol–water partition coefficient (Wildman–Crippen LogP) is 38.6. The van der Waals surface area contributed by atoms with Gasteiger partial charge in [0.2, 0.25) is 0 Å². The van der Waals surface area contributed by atoms with E-state index in [2.05, 4.69) is 420 Å². The van der Waals surface area contributed by atoms with Gasteiger partial charge in [0.1, 0.15) is 22.7 Å². The minimum Gasteiger partial charge on any atom is -0.456 e. The first kappa shape index (κ1) is 86.1. The summed E-state index contributed by atoms with van der Waals surface area (Å²) >= 11 is 0. The summed E-state index contributed by atoms with van der Waals surface area (Å²) in [5.74, 6) is 1.82. The fourth-order valence-electron chi connectivity index (χ4n) is 26.0. The van der Waals surface area contributed by atoms with Gasteiger partial charge in [0.25, 0.3) is 0 Å². The lowest BCUT2D eigenvalue weighted by molar-refractivity contribution is 0.401. The molecule has 0 aliphatic heterocycles. The molecule has 4 heterocycles. The van der Waals surface area contributed by atoms with Crippen LogP contribution in [0.4, 0.5) is 34.1 Å². The number of fused-ring (bicyclic) bond motifs is 24. The molecule has 139 heavy (non-hydrogen) atoms. The van der Waals surface area contributed by atoms with Crippen LogP contribution in [0.2, 0.25) is 0 Å². The Morgan fingerprint density at radius 2 is 0.568 bits per heavy atom. The molecule has 4 aliphatic rings. The van der Waals surface area contributed by atoms with Crippen LogP contribution in [-0.2, 0) is 21.7 Å². The van der Waals surface area contributed by atoms with E-state index >= 15 is 0 Å². The van der Waals surface area contributed by atoms with Crippen molar-refractivity contribution in [2.24, 2.45) is 0 Å². The Kier molecular flexibility index (Phi) is 21.3. The Morgan fingerprint density at radius 3 is 1.06 bits per heavy atom. The van der Waals surface area contributed by atoms with E-state index in [1.807, 2.05) is 6.07 Å². The van der Waals surface area contributed by atoms with E-state index in [-0.39, 0.29) is 21.7 Å². The van der Waals surface area contributed by atoms with Gasteiger partial charge >= 0.3 is 0 Å². The summed E-state index contributed by atoms with van der Waals surface area (Å²) in [6.45, 7) is 19.1. The molecule has 21 aromatic rings. The van der Waals surface area contributed by atoms with Crippen LogP contribution in [0, 0.1) is 0 Å². The van der Waals surface area contributed by atoms with Gasteiger partial charge in [-0.05, 0) is 271 Å². The van der Waals surface area contributed by atoms with Crippen LogP contribution >= 0.6 is 0 Å². The number of furan rings is 2. The van der Waals surface area contributed by atoms with Crippen molar-refractivity contribution in [1.29, 1.82) is 0 Å². The average molecular weight is 1810 g/mol. The molecular weight excluding hydrogens is 1690 g/mol. The molecule has 0 saturated carbocycles. The van der Waals surface area contributed by atoms with Crippen molar-refractivity contribution >= 4 is 121 Å². The Balaban J connectivity index is 0.688. The molecule has 0 amide bonds. The van der Waals surface area contributed by atoms with E-state index < -0.39 is 0 Å². The number of benzene rings is 17. The summed E-state index contributed by atoms with van der Waals surface area (Å²) in [7, 11) is 0. The number of unbranched alkanes of at least 4 members (excludes halogenated alkanes) is 11. The zero-order valence-corrected chi connectivity index (χ0v) is 81.5. The van der Waals surface area contributed by atoms with E-state index in [1.165, 1.54) is 262 Å². The van der Waals surface area contributed by atoms with Gasteiger partial charge in [-0.15, -0.1) is 0 Å². The Morgan fingerprint density at radius 1 is 0.230 bits per heavy atom. The summed E-state index contributed by atoms with van der Waals surface area (Å²) in [5, 5.41) is 11.9. The highest BCUT2D eigenvalue weighted by Gasteiger charge is 2.46. The second-order valence-corrected chi connectivity index (χ2v) is 41.8. The average Bonchev–Trinajstić information content (AvgIpc) is 1.52. The van der Waals surface area contributed by atoms with Crippen LogP contribution in [0.15, 0.2) is 361 Å². The summed E-state index contributed by atoms with van der Waals surface area (Å²) in [4.78, 5) is 5.03. The molecule has 0 fully saturated rings. The molecule has 1 atom stereocenters. The fourth-order valence-corrected chi connectivity index (χ4v) is 26.0. The van der Waals surface area contributed by atoms with E-state index in [4.69, 9.17) is 8.83 Å². The predicted molar refractivity (Wildman–Crippen MR) is 588 cm³/mol. The normalized spacial score (nSPS) is 14.9. The van der Waals surface area contributed by atoms with Gasteiger partial charge in [-0.2, -0.15) is 0 Å². The standard InChI is InChI=1S/C133H120N4O2/c1-9-13-17-35-71-132(70-34-16-12-4)115-47-31-29-45-103(115)108-69-59-99(83-120(108)132)137-123-85-112-110-62-50-86-74-94(134(92-40-22-20-23-41-92)96-56-66-106-104-60-52-90(76-116(104)131(7,8)118(106)80-96)126-78-88-38-26-32-48-124(88)138-126)54-64-100(86)128(110)136(98-58-67-105-102-44-28-30-46-114(102)130(5,6)117(105)81-98)122(112)84-113(123)111-63-51-87-75-95(55-65-101(87)129(111)137)135(93-42-24-21-25-43-93)97-57-68-109-107-61-53-91(127-79-89-39-27-33-49-125(89)139-127)77-119(107)133(121(109)82-97,72-36-18-14-10-2)73-37-19-15-11-3/h20-33,38-69,74-85H,9-19,34-37,70-73H2,1-8H3.